The van der Waals surface area contributed by atoms with E-state index in [-0.39, 0.29) is 113 Å². The van der Waals surface area contributed by atoms with E-state index < -0.39 is 35.2 Å². The van der Waals surface area contributed by atoms with E-state index in [0.29, 0.717) is 121 Å². The number of imide groups is 2. The topological polar surface area (TPSA) is 519 Å². The highest BCUT2D eigenvalue weighted by Crippen LogP contribution is 2.36. The Morgan fingerprint density at radius 1 is 0.432 bits per heavy atom. The molecule has 0 aliphatic carbocycles. The number of hydrogen-bond donors (Lipinski definition) is 8. The number of aromatic amines is 4. The lowest BCUT2D eigenvalue weighted by atomic mass is 9.97. The molecule has 38 nitrogen and oxygen atoms in total. The van der Waals surface area contributed by atoms with E-state index >= 15 is 0 Å². The van der Waals surface area contributed by atoms with E-state index in [4.69, 9.17) is 29.9 Å². The lowest BCUT2D eigenvalue weighted by Gasteiger charge is -2.22. The van der Waals surface area contributed by atoms with E-state index in [9.17, 15) is 47.9 Å². The van der Waals surface area contributed by atoms with Gasteiger partial charge in [-0.15, -0.1) is 35.7 Å². The van der Waals surface area contributed by atoms with Crippen LogP contribution in [0.3, 0.4) is 0 Å². The third kappa shape index (κ3) is 24.7. The van der Waals surface area contributed by atoms with Crippen LogP contribution in [0.25, 0.3) is 5.52 Å². The number of fused-ring (bicyclic) bond motifs is 2. The molecule has 13 N–H and O–H groups in total. The van der Waals surface area contributed by atoms with Crippen LogP contribution in [0.1, 0.15) is 198 Å². The Morgan fingerprint density at radius 2 is 0.788 bits per heavy atom. The second kappa shape index (κ2) is 46.6. The van der Waals surface area contributed by atoms with Crippen LogP contribution in [-0.4, -0.2) is 228 Å². The van der Waals surface area contributed by atoms with Gasteiger partial charge in [-0.1, -0.05) is 161 Å². The summed E-state index contributed by atoms with van der Waals surface area (Å²) in [4.78, 5) is 153. The standard InChI is InChI=1S/C24H23N5O3.C22H29N5O3.C22H27N5O2.C16H21N5O.C10H13NO5.H4N2.H2O/c1-15-11-28(12-16-7-3-2-4-8-16)13-19(15)21-25-22(30)20(26-27-21)14-29-23(31)17-9-5-6-10-18(17)24(29)32;1-15-12-27(13-16-5-3-2-4-6-16)14-18(15)20-24-22(29)19(25-26-20)11-23-21(28)17-7-9-30-10-8-17;1-15-12-26(13-16-5-3-2-4-6-16)14-18(15)20-24-22(28)19-11-23-21(27(19)25-20)17-7-9-29-10-8-17;1-11-8-21(9-12-5-3-2-4-6-12)10-13(11)15-18-16(22)14(7-17)19-20-15;12-8-1-2-9(13)11(8)16-10(14)7-3-5-15-6-4-7;1-2;/h2-10,15,19H,11-14H2,1H3,(H,25,27,30);2-6,15,17-18H,7-14H2,1H3,(H,23,28)(H,24,26,29);2-6,11,15,17-18H,7-10,12-14H2,1H3,(H,24,25,28);2-6,11,13H,7-10,17H2,1H3,(H,18,20,22);7H,1-6H2;1-2H2;1H2/t15-,19-;2*15-,18-;11-,13-;;;/m1111.../s1. The molecule has 9 aliphatic heterocycles. The molecular formula is C94H119N23O15. The number of aromatic nitrogens is 13. The Labute approximate surface area is 762 Å². The molecule has 132 heavy (non-hydrogen) atoms. The average Bonchev–Trinajstić information content (AvgIpc) is 1.62. The molecule has 8 atom stereocenters. The Hall–Kier alpha value is -12.3. The summed E-state index contributed by atoms with van der Waals surface area (Å²) in [5.41, 5.74) is 11.4. The van der Waals surface area contributed by atoms with E-state index in [1.165, 1.54) is 22.3 Å². The molecule has 10 aromatic rings. The fraction of sp³-hybridized carbons (Fsp3) is 0.468. The third-order valence-electron chi connectivity index (χ3n) is 25.7. The Balaban J connectivity index is 0.000000142. The van der Waals surface area contributed by atoms with Crippen LogP contribution in [0, 0.1) is 35.5 Å². The van der Waals surface area contributed by atoms with Crippen LogP contribution in [0.4, 0.5) is 0 Å². The number of H-pyrrole nitrogens is 4. The van der Waals surface area contributed by atoms with Crippen LogP contribution in [-0.2, 0) is 84.0 Å². The van der Waals surface area contributed by atoms with Crippen molar-refractivity contribution in [2.75, 3.05) is 92.0 Å². The Bertz CT molecular complexity index is 5720. The van der Waals surface area contributed by atoms with E-state index in [2.05, 4.69) is 205 Å². The highest BCUT2D eigenvalue weighted by Gasteiger charge is 2.41. The SMILES string of the molecule is C[C@@H]1CN(Cc2ccccc2)C[C@H]1c1nn2c(C3CCOCC3)ncc2c(=O)[nH]1.C[C@@H]1CN(Cc2ccccc2)C[C@H]1c1nnc(CN)c(=O)[nH]1.C[C@@H]1CN(Cc2ccccc2)C[C@H]1c1nnc(CN2C(=O)c3ccccc3C2=O)c(=O)[nH]1.C[C@@H]1CN(Cc2ccccc2)C[C@H]1c1nnc(CNC(=O)C2CCOCC2)c(=O)[nH]1.NN.O.O=C(ON1C(=O)CCC1=O)C1CCOCC1. The number of ether oxygens (including phenoxy) is 3. The number of benzene rings is 5. The number of imidazole rings is 1. The lowest BCUT2D eigenvalue weighted by molar-refractivity contribution is -0.202. The highest BCUT2D eigenvalue weighted by atomic mass is 16.7. The first-order chi connectivity index (χ1) is 63.6. The van der Waals surface area contributed by atoms with Crippen LogP contribution in [0.2, 0.25) is 0 Å². The highest BCUT2D eigenvalue weighted by molar-refractivity contribution is 6.21. The van der Waals surface area contributed by atoms with Crippen LogP contribution in [0.5, 0.6) is 0 Å². The third-order valence-corrected chi connectivity index (χ3v) is 25.7. The normalized spacial score (nSPS) is 21.9. The molecule has 19 rings (SSSR count). The zero-order chi connectivity index (χ0) is 92.0. The minimum atomic E-state index is -0.507. The molecule has 700 valence electrons. The van der Waals surface area contributed by atoms with Gasteiger partial charge in [-0.3, -0.25) is 79.3 Å². The molecule has 5 aromatic heterocycles. The first kappa shape index (κ1) is 97.2. The van der Waals surface area contributed by atoms with Gasteiger partial charge in [-0.25, -0.2) is 14.3 Å². The number of rotatable bonds is 21. The predicted octanol–water partition coefficient (Wildman–Crippen LogP) is 5.06. The second-order valence-electron chi connectivity index (χ2n) is 35.1. The van der Waals surface area contributed by atoms with Gasteiger partial charge in [0.2, 0.25) is 5.91 Å². The van der Waals surface area contributed by atoms with Crippen molar-refractivity contribution in [1.82, 2.24) is 100 Å². The Morgan fingerprint density at radius 3 is 1.18 bits per heavy atom. The zero-order valence-corrected chi connectivity index (χ0v) is 74.9. The van der Waals surface area contributed by atoms with Crippen LogP contribution in [0.15, 0.2) is 171 Å². The van der Waals surface area contributed by atoms with Gasteiger partial charge in [-0.2, -0.15) is 5.10 Å². The molecule has 0 saturated carbocycles. The first-order valence-corrected chi connectivity index (χ1v) is 45.1. The van der Waals surface area contributed by atoms with Gasteiger partial charge in [0, 0.05) is 173 Å². The molecule has 8 saturated heterocycles. The Kier molecular flexibility index (Phi) is 34.3. The van der Waals surface area contributed by atoms with Gasteiger partial charge in [0.25, 0.3) is 45.9 Å². The number of carbonyl (C=O) groups excluding carboxylic acids is 6. The molecule has 0 radical (unpaired) electrons. The fourth-order valence-corrected chi connectivity index (χ4v) is 18.4. The smallest absolute Gasteiger partial charge is 0.336 e. The van der Waals surface area contributed by atoms with Gasteiger partial charge in [-0.05, 0) is 96.6 Å². The largest absolute Gasteiger partial charge is 0.412 e. The van der Waals surface area contributed by atoms with Crippen molar-refractivity contribution < 1.29 is 53.3 Å². The maximum Gasteiger partial charge on any atom is 0.336 e. The molecule has 38 heteroatoms. The summed E-state index contributed by atoms with van der Waals surface area (Å²) >= 11 is 0. The van der Waals surface area contributed by atoms with Crippen molar-refractivity contribution in [1.29, 1.82) is 0 Å². The summed E-state index contributed by atoms with van der Waals surface area (Å²) in [7, 11) is 0. The zero-order valence-electron chi connectivity index (χ0n) is 74.9. The average molecular weight is 1810 g/mol. The van der Waals surface area contributed by atoms with Crippen molar-refractivity contribution >= 4 is 41.0 Å². The van der Waals surface area contributed by atoms with Crippen molar-refractivity contribution in [2.45, 2.75) is 154 Å². The molecular weight excluding hydrogens is 1690 g/mol. The second-order valence-corrected chi connectivity index (χ2v) is 35.1. The molecule has 5 amide bonds. The number of likely N-dealkylation sites (tertiary alicyclic amines) is 4. The number of nitrogens with zero attached hydrogens (tertiary/aromatic N) is 15. The minimum Gasteiger partial charge on any atom is -0.412 e. The quantitative estimate of drug-likeness (QED) is 0.0265. The predicted molar refractivity (Wildman–Crippen MR) is 485 cm³/mol. The van der Waals surface area contributed by atoms with E-state index in [1.54, 1.807) is 35.0 Å². The fourth-order valence-electron chi connectivity index (χ4n) is 18.4. The van der Waals surface area contributed by atoms with Crippen molar-refractivity contribution in [3.8, 4) is 0 Å². The summed E-state index contributed by atoms with van der Waals surface area (Å²) < 4.78 is 17.7. The first-order valence-electron chi connectivity index (χ1n) is 45.1. The maximum atomic E-state index is 12.7. The van der Waals surface area contributed by atoms with Gasteiger partial charge in [0.1, 0.15) is 46.2 Å². The number of nitrogens with one attached hydrogen (secondary N) is 5. The lowest BCUT2D eigenvalue weighted by Crippen LogP contribution is -2.36. The minimum absolute atomic E-state index is 0. The summed E-state index contributed by atoms with van der Waals surface area (Å²) in [6, 6.07) is 48.2. The van der Waals surface area contributed by atoms with E-state index in [0.717, 1.165) is 121 Å². The van der Waals surface area contributed by atoms with E-state index in [1.807, 2.05) is 36.4 Å². The van der Waals surface area contributed by atoms with Crippen LogP contribution < -0.4 is 45.0 Å². The molecule has 5 aromatic carbocycles. The number of nitrogens with two attached hydrogens (primary N) is 3. The van der Waals surface area contributed by atoms with Gasteiger partial charge in [0.05, 0.1) is 36.3 Å². The number of hydroxylamine groups is 2. The summed E-state index contributed by atoms with van der Waals surface area (Å²) in [6.07, 6.45) is 6.34. The molecule has 0 unspecified atom stereocenters. The molecule has 9 aliphatic rings. The molecule has 0 bridgehead atoms. The van der Waals surface area contributed by atoms with Crippen molar-refractivity contribution in [2.24, 2.45) is 52.9 Å². The van der Waals surface area contributed by atoms with Gasteiger partial charge in [0.15, 0.2) is 5.52 Å². The molecule has 8 fully saturated rings. The monoisotopic (exact) mass is 1810 g/mol. The van der Waals surface area contributed by atoms with Gasteiger partial charge < -0.3 is 55.5 Å². The number of amides is 5. The summed E-state index contributed by atoms with van der Waals surface area (Å²) in [5.74, 6) is 11.4. The number of carbonyl (C=O) groups is 6. The van der Waals surface area contributed by atoms with Crippen molar-refractivity contribution in [3.05, 3.63) is 273 Å². The number of hydrogen-bond acceptors (Lipinski definition) is 29. The summed E-state index contributed by atoms with van der Waals surface area (Å²) in [6.45, 7) is 23.3. The van der Waals surface area contributed by atoms with Crippen molar-refractivity contribution in [3.63, 3.8) is 0 Å². The van der Waals surface area contributed by atoms with Gasteiger partial charge >= 0.3 is 5.97 Å². The molecule has 14 heterocycles. The summed E-state index contributed by atoms with van der Waals surface area (Å²) in [5, 5.41) is 33.2. The molecule has 0 spiro atoms. The maximum absolute atomic E-state index is 12.7. The number of hydrazine groups is 1. The van der Waals surface area contributed by atoms with Crippen LogP contribution >= 0.6 is 0 Å².